The minimum atomic E-state index is -0.374. The highest BCUT2D eigenvalue weighted by atomic mass is 32.1. The molecule has 18 heavy (non-hydrogen) atoms. The minimum Gasteiger partial charge on any atom is -0.490 e. The monoisotopic (exact) mass is 265 g/mol. The van der Waals surface area contributed by atoms with Gasteiger partial charge in [0.1, 0.15) is 11.5 Å². The van der Waals surface area contributed by atoms with E-state index >= 15 is 0 Å². The molecule has 0 amide bonds. The van der Waals surface area contributed by atoms with E-state index in [1.807, 2.05) is 0 Å². The molecular weight excluding hydrogens is 253 g/mol. The first kappa shape index (κ1) is 12.5. The number of nitrogen functional groups attached to an aromatic ring is 1. The number of para-hydroxylation sites is 1. The summed E-state index contributed by atoms with van der Waals surface area (Å²) in [5.74, 6) is -0.186. The van der Waals surface area contributed by atoms with Crippen LogP contribution < -0.4 is 10.5 Å². The maximum absolute atomic E-state index is 13.2. The van der Waals surface area contributed by atoms with E-state index in [0.717, 1.165) is 5.01 Å². The van der Waals surface area contributed by atoms with Gasteiger partial charge in [-0.25, -0.2) is 9.37 Å². The van der Waals surface area contributed by atoms with Gasteiger partial charge < -0.3 is 10.5 Å². The number of halogens is 1. The molecule has 0 unspecified atom stereocenters. The predicted molar refractivity (Wildman–Crippen MR) is 68.7 cm³/mol. The second-order valence-corrected chi connectivity index (χ2v) is 4.51. The molecule has 1 aromatic heterocycles. The fourth-order valence-corrected chi connectivity index (χ4v) is 2.14. The third kappa shape index (κ3) is 3.04. The molecule has 2 aromatic rings. The van der Waals surface area contributed by atoms with Crippen molar-refractivity contribution >= 4 is 17.2 Å². The van der Waals surface area contributed by atoms with Gasteiger partial charge in [0.25, 0.3) is 0 Å². The highest BCUT2D eigenvalue weighted by molar-refractivity contribution is 7.09. The van der Waals surface area contributed by atoms with Crippen LogP contribution in [-0.2, 0) is 6.42 Å². The Hall–Kier alpha value is -1.95. The van der Waals surface area contributed by atoms with Gasteiger partial charge in [-0.3, -0.25) is 5.41 Å². The van der Waals surface area contributed by atoms with Gasteiger partial charge in [-0.1, -0.05) is 12.1 Å². The number of hydrogen-bond donors (Lipinski definition) is 2. The van der Waals surface area contributed by atoms with Gasteiger partial charge in [0.2, 0.25) is 0 Å². The highest BCUT2D eigenvalue weighted by Gasteiger charge is 2.05. The Bertz CT molecular complexity index is 556. The van der Waals surface area contributed by atoms with Crippen LogP contribution in [0.3, 0.4) is 0 Å². The third-order valence-electron chi connectivity index (χ3n) is 2.24. The standard InChI is InChI=1S/C12H12FN3OS/c13-8-3-1-2-4-10(8)17-6-5-11-16-9(7-18-11)12(14)15/h1-4,7H,5-6H2,(H3,14,15). The van der Waals surface area contributed by atoms with Crippen LogP contribution in [0.1, 0.15) is 10.7 Å². The molecule has 4 nitrogen and oxygen atoms in total. The van der Waals surface area contributed by atoms with Crippen molar-refractivity contribution < 1.29 is 9.13 Å². The second kappa shape index (κ2) is 5.59. The van der Waals surface area contributed by atoms with Crippen molar-refractivity contribution in [2.75, 3.05) is 6.61 Å². The average Bonchev–Trinajstić information content (AvgIpc) is 2.80. The van der Waals surface area contributed by atoms with Crippen LogP contribution in [0.4, 0.5) is 4.39 Å². The molecule has 0 radical (unpaired) electrons. The Morgan fingerprint density at radius 2 is 2.22 bits per heavy atom. The number of nitrogens with zero attached hydrogens (tertiary/aromatic N) is 1. The molecule has 0 aliphatic carbocycles. The summed E-state index contributed by atoms with van der Waals surface area (Å²) in [6.07, 6.45) is 0.562. The first-order valence-corrected chi connectivity index (χ1v) is 6.21. The summed E-state index contributed by atoms with van der Waals surface area (Å²) in [7, 11) is 0. The van der Waals surface area contributed by atoms with E-state index in [2.05, 4.69) is 4.98 Å². The van der Waals surface area contributed by atoms with Crippen molar-refractivity contribution in [2.24, 2.45) is 5.73 Å². The molecule has 0 bridgehead atoms. The van der Waals surface area contributed by atoms with Gasteiger partial charge in [0, 0.05) is 11.8 Å². The average molecular weight is 265 g/mol. The first-order valence-electron chi connectivity index (χ1n) is 5.33. The number of thiazole rings is 1. The fourth-order valence-electron chi connectivity index (χ4n) is 1.36. The molecule has 0 atom stereocenters. The Balaban J connectivity index is 1.88. The Labute approximate surface area is 108 Å². The van der Waals surface area contributed by atoms with Crippen molar-refractivity contribution in [3.63, 3.8) is 0 Å². The lowest BCUT2D eigenvalue weighted by molar-refractivity contribution is 0.305. The predicted octanol–water partition coefficient (Wildman–Crippen LogP) is 2.19. The maximum atomic E-state index is 13.2. The van der Waals surface area contributed by atoms with Crippen LogP contribution in [0.2, 0.25) is 0 Å². The Kier molecular flexibility index (Phi) is 3.88. The molecular formula is C12H12FN3OS. The van der Waals surface area contributed by atoms with E-state index in [0.29, 0.717) is 18.7 Å². The number of nitrogens with two attached hydrogens (primary N) is 1. The van der Waals surface area contributed by atoms with Crippen molar-refractivity contribution in [3.05, 3.63) is 46.2 Å². The van der Waals surface area contributed by atoms with E-state index in [1.165, 1.54) is 17.4 Å². The quantitative estimate of drug-likeness (QED) is 0.643. The maximum Gasteiger partial charge on any atom is 0.165 e. The molecule has 0 aliphatic rings. The van der Waals surface area contributed by atoms with Gasteiger partial charge >= 0.3 is 0 Å². The van der Waals surface area contributed by atoms with Gasteiger partial charge in [0.15, 0.2) is 11.6 Å². The zero-order valence-electron chi connectivity index (χ0n) is 9.52. The van der Waals surface area contributed by atoms with Gasteiger partial charge in [-0.2, -0.15) is 0 Å². The molecule has 0 spiro atoms. The Morgan fingerprint density at radius 3 is 2.89 bits per heavy atom. The number of rotatable bonds is 5. The highest BCUT2D eigenvalue weighted by Crippen LogP contribution is 2.16. The zero-order chi connectivity index (χ0) is 13.0. The smallest absolute Gasteiger partial charge is 0.165 e. The topological polar surface area (TPSA) is 72.0 Å². The summed E-state index contributed by atoms with van der Waals surface area (Å²) >= 11 is 1.41. The van der Waals surface area contributed by atoms with Crippen molar-refractivity contribution in [1.82, 2.24) is 4.98 Å². The van der Waals surface area contributed by atoms with Crippen LogP contribution in [-0.4, -0.2) is 17.4 Å². The number of benzene rings is 1. The van der Waals surface area contributed by atoms with Crippen molar-refractivity contribution in [3.8, 4) is 5.75 Å². The number of hydrogen-bond acceptors (Lipinski definition) is 4. The van der Waals surface area contributed by atoms with Crippen LogP contribution >= 0.6 is 11.3 Å². The lowest BCUT2D eigenvalue weighted by Crippen LogP contribution is -2.11. The van der Waals surface area contributed by atoms with Gasteiger partial charge in [-0.05, 0) is 12.1 Å². The SMILES string of the molecule is N=C(N)c1csc(CCOc2ccccc2F)n1. The summed E-state index contributed by atoms with van der Waals surface area (Å²) < 4.78 is 18.6. The molecule has 0 aliphatic heterocycles. The lowest BCUT2D eigenvalue weighted by atomic mass is 10.3. The molecule has 0 saturated carbocycles. The summed E-state index contributed by atoms with van der Waals surface area (Å²) in [6.45, 7) is 0.339. The zero-order valence-corrected chi connectivity index (χ0v) is 10.3. The summed E-state index contributed by atoms with van der Waals surface area (Å²) in [4.78, 5) is 4.16. The molecule has 6 heteroatoms. The third-order valence-corrected chi connectivity index (χ3v) is 3.15. The van der Waals surface area contributed by atoms with E-state index < -0.39 is 0 Å². The number of aromatic nitrogens is 1. The molecule has 0 saturated heterocycles. The van der Waals surface area contributed by atoms with E-state index in [1.54, 1.807) is 23.6 Å². The molecule has 3 N–H and O–H groups in total. The van der Waals surface area contributed by atoms with Crippen LogP contribution in [0.25, 0.3) is 0 Å². The van der Waals surface area contributed by atoms with Gasteiger partial charge in [-0.15, -0.1) is 11.3 Å². The van der Waals surface area contributed by atoms with Gasteiger partial charge in [0.05, 0.1) is 11.6 Å². The molecule has 0 fully saturated rings. The van der Waals surface area contributed by atoms with E-state index in [9.17, 15) is 4.39 Å². The van der Waals surface area contributed by atoms with Crippen molar-refractivity contribution in [2.45, 2.75) is 6.42 Å². The van der Waals surface area contributed by atoms with Crippen LogP contribution in [0.5, 0.6) is 5.75 Å². The molecule has 1 aromatic carbocycles. The summed E-state index contributed by atoms with van der Waals surface area (Å²) in [5, 5.41) is 9.77. The van der Waals surface area contributed by atoms with Crippen LogP contribution in [0.15, 0.2) is 29.6 Å². The fraction of sp³-hybridized carbons (Fsp3) is 0.167. The van der Waals surface area contributed by atoms with Crippen molar-refractivity contribution in [1.29, 1.82) is 5.41 Å². The normalized spacial score (nSPS) is 10.3. The molecule has 1 heterocycles. The number of nitrogens with one attached hydrogen (secondary N) is 1. The Morgan fingerprint density at radius 1 is 1.44 bits per heavy atom. The second-order valence-electron chi connectivity index (χ2n) is 3.57. The largest absolute Gasteiger partial charge is 0.490 e. The summed E-state index contributed by atoms with van der Waals surface area (Å²) in [5.41, 5.74) is 5.79. The summed E-state index contributed by atoms with van der Waals surface area (Å²) in [6, 6.07) is 6.27. The van der Waals surface area contributed by atoms with Crippen LogP contribution in [0, 0.1) is 11.2 Å². The number of ether oxygens (including phenoxy) is 1. The number of amidine groups is 1. The first-order chi connectivity index (χ1) is 8.66. The van der Waals surface area contributed by atoms with E-state index in [-0.39, 0.29) is 17.4 Å². The minimum absolute atomic E-state index is 0.0486. The van der Waals surface area contributed by atoms with E-state index in [4.69, 9.17) is 15.9 Å². The lowest BCUT2D eigenvalue weighted by Gasteiger charge is -2.05. The molecule has 2 rings (SSSR count). The molecule has 94 valence electrons.